The molecule has 25 heavy (non-hydrogen) atoms. The fourth-order valence-electron chi connectivity index (χ4n) is 2.40. The van der Waals surface area contributed by atoms with Gasteiger partial charge in [-0.3, -0.25) is 4.79 Å². The van der Waals surface area contributed by atoms with Crippen LogP contribution in [0.5, 0.6) is 0 Å². The van der Waals surface area contributed by atoms with E-state index in [1.165, 1.54) is 12.4 Å². The average Bonchev–Trinajstić information content (AvgIpc) is 2.59. The normalized spacial score (nSPS) is 10.4. The van der Waals surface area contributed by atoms with Crippen molar-refractivity contribution in [2.75, 3.05) is 10.6 Å². The van der Waals surface area contributed by atoms with Crippen molar-refractivity contribution in [3.63, 3.8) is 0 Å². The van der Waals surface area contributed by atoms with Gasteiger partial charge in [-0.2, -0.15) is 0 Å². The standard InChI is InChI=1S/C19H17BrN4O/c1-12-5-3-6-13(2)17(12)24-19-21-10-14(11-22-19)18(25)23-16-8-4-7-15(20)9-16/h3-11H,1-2H3,(H,23,25)(H,21,22,24). The number of amides is 1. The van der Waals surface area contributed by atoms with Crippen LogP contribution < -0.4 is 10.6 Å². The monoisotopic (exact) mass is 396 g/mol. The average molecular weight is 397 g/mol. The van der Waals surface area contributed by atoms with Crippen LogP contribution in [0.1, 0.15) is 21.5 Å². The molecule has 2 aromatic carbocycles. The number of carbonyl (C=O) groups excluding carboxylic acids is 1. The van der Waals surface area contributed by atoms with Gasteiger partial charge in [-0.1, -0.05) is 40.2 Å². The van der Waals surface area contributed by atoms with E-state index in [-0.39, 0.29) is 5.91 Å². The Balaban J connectivity index is 1.72. The highest BCUT2D eigenvalue weighted by atomic mass is 79.9. The molecule has 1 aromatic heterocycles. The number of rotatable bonds is 4. The lowest BCUT2D eigenvalue weighted by atomic mass is 10.1. The summed E-state index contributed by atoms with van der Waals surface area (Å²) in [7, 11) is 0. The lowest BCUT2D eigenvalue weighted by Gasteiger charge is -2.11. The van der Waals surface area contributed by atoms with Crippen LogP contribution in [0.15, 0.2) is 59.3 Å². The molecule has 6 heteroatoms. The van der Waals surface area contributed by atoms with Crippen LogP contribution in [0.2, 0.25) is 0 Å². The van der Waals surface area contributed by atoms with Gasteiger partial charge in [0, 0.05) is 28.2 Å². The summed E-state index contributed by atoms with van der Waals surface area (Å²) >= 11 is 3.38. The number of benzene rings is 2. The summed E-state index contributed by atoms with van der Waals surface area (Å²) in [5.41, 5.74) is 4.30. The van der Waals surface area contributed by atoms with Crippen molar-refractivity contribution in [1.82, 2.24) is 9.97 Å². The highest BCUT2D eigenvalue weighted by molar-refractivity contribution is 9.10. The number of carbonyl (C=O) groups is 1. The first-order valence-corrected chi connectivity index (χ1v) is 8.54. The van der Waals surface area contributed by atoms with Crippen molar-refractivity contribution >= 4 is 39.2 Å². The second kappa shape index (κ2) is 7.44. The van der Waals surface area contributed by atoms with E-state index in [1.54, 1.807) is 0 Å². The van der Waals surface area contributed by atoms with E-state index in [0.29, 0.717) is 17.2 Å². The summed E-state index contributed by atoms with van der Waals surface area (Å²) in [6, 6.07) is 13.5. The molecule has 0 aliphatic rings. The summed E-state index contributed by atoms with van der Waals surface area (Å²) in [6.07, 6.45) is 3.02. The maximum Gasteiger partial charge on any atom is 0.258 e. The first-order valence-electron chi connectivity index (χ1n) is 7.75. The van der Waals surface area contributed by atoms with Crippen LogP contribution in [0.4, 0.5) is 17.3 Å². The molecular formula is C19H17BrN4O. The summed E-state index contributed by atoms with van der Waals surface area (Å²) in [5, 5.41) is 6.02. The van der Waals surface area contributed by atoms with Gasteiger partial charge in [-0.15, -0.1) is 0 Å². The summed E-state index contributed by atoms with van der Waals surface area (Å²) < 4.78 is 0.898. The SMILES string of the molecule is Cc1cccc(C)c1Nc1ncc(C(=O)Nc2cccc(Br)c2)cn1. The van der Waals surface area contributed by atoms with Crippen molar-refractivity contribution in [2.24, 2.45) is 0 Å². The van der Waals surface area contributed by atoms with Crippen molar-refractivity contribution in [1.29, 1.82) is 0 Å². The van der Waals surface area contributed by atoms with Gasteiger partial charge >= 0.3 is 0 Å². The summed E-state index contributed by atoms with van der Waals surface area (Å²) in [5.74, 6) is 0.202. The van der Waals surface area contributed by atoms with Crippen LogP contribution in [0, 0.1) is 13.8 Å². The quantitative estimate of drug-likeness (QED) is 0.661. The Morgan fingerprint density at radius 1 is 1.00 bits per heavy atom. The maximum atomic E-state index is 12.3. The van der Waals surface area contributed by atoms with E-state index in [0.717, 1.165) is 21.3 Å². The molecule has 3 aromatic rings. The zero-order chi connectivity index (χ0) is 17.8. The molecule has 1 amide bonds. The Labute approximate surface area is 154 Å². The molecule has 0 atom stereocenters. The predicted molar refractivity (Wildman–Crippen MR) is 103 cm³/mol. The fourth-order valence-corrected chi connectivity index (χ4v) is 2.80. The lowest BCUT2D eigenvalue weighted by Crippen LogP contribution is -2.13. The van der Waals surface area contributed by atoms with E-state index in [4.69, 9.17) is 0 Å². The molecule has 0 unspecified atom stereocenters. The molecule has 0 radical (unpaired) electrons. The number of aromatic nitrogens is 2. The first-order chi connectivity index (χ1) is 12.0. The molecule has 3 rings (SSSR count). The van der Waals surface area contributed by atoms with Crippen LogP contribution in [0.25, 0.3) is 0 Å². The van der Waals surface area contributed by atoms with Gasteiger partial charge < -0.3 is 10.6 Å². The Hall–Kier alpha value is -2.73. The first kappa shape index (κ1) is 17.1. The van der Waals surface area contributed by atoms with Gasteiger partial charge in [0.05, 0.1) is 5.56 Å². The Morgan fingerprint density at radius 2 is 1.64 bits per heavy atom. The van der Waals surface area contributed by atoms with E-state index in [1.807, 2.05) is 56.3 Å². The van der Waals surface area contributed by atoms with Crippen LogP contribution >= 0.6 is 15.9 Å². The van der Waals surface area contributed by atoms with Crippen molar-refractivity contribution in [3.8, 4) is 0 Å². The van der Waals surface area contributed by atoms with Crippen molar-refractivity contribution < 1.29 is 4.79 Å². The van der Waals surface area contributed by atoms with E-state index in [2.05, 4.69) is 36.5 Å². The molecule has 0 fully saturated rings. The van der Waals surface area contributed by atoms with Crippen LogP contribution in [-0.4, -0.2) is 15.9 Å². The number of nitrogens with zero attached hydrogens (tertiary/aromatic N) is 2. The number of para-hydroxylation sites is 1. The molecule has 0 aliphatic carbocycles. The van der Waals surface area contributed by atoms with Gasteiger partial charge in [0.2, 0.25) is 5.95 Å². The Kier molecular flexibility index (Phi) is 5.09. The number of anilines is 3. The van der Waals surface area contributed by atoms with Crippen LogP contribution in [-0.2, 0) is 0 Å². The molecule has 5 nitrogen and oxygen atoms in total. The molecule has 1 heterocycles. The minimum absolute atomic E-state index is 0.253. The molecule has 2 N–H and O–H groups in total. The van der Waals surface area contributed by atoms with E-state index in [9.17, 15) is 4.79 Å². The highest BCUT2D eigenvalue weighted by Crippen LogP contribution is 2.22. The van der Waals surface area contributed by atoms with Crippen molar-refractivity contribution in [3.05, 3.63) is 76.0 Å². The van der Waals surface area contributed by atoms with E-state index >= 15 is 0 Å². The number of nitrogens with one attached hydrogen (secondary N) is 2. The second-order valence-corrected chi connectivity index (χ2v) is 6.57. The number of hydrogen-bond acceptors (Lipinski definition) is 4. The minimum atomic E-state index is -0.253. The van der Waals surface area contributed by atoms with Gasteiger partial charge in [0.1, 0.15) is 0 Å². The molecule has 0 saturated heterocycles. The Morgan fingerprint density at radius 3 is 2.28 bits per heavy atom. The molecule has 0 spiro atoms. The number of halogens is 1. The van der Waals surface area contributed by atoms with Crippen LogP contribution in [0.3, 0.4) is 0 Å². The van der Waals surface area contributed by atoms with Gasteiger partial charge in [0.15, 0.2) is 0 Å². The van der Waals surface area contributed by atoms with Gasteiger partial charge in [-0.05, 0) is 43.2 Å². The third-order valence-corrected chi connectivity index (χ3v) is 4.21. The maximum absolute atomic E-state index is 12.3. The molecule has 0 bridgehead atoms. The third kappa shape index (κ3) is 4.22. The lowest BCUT2D eigenvalue weighted by molar-refractivity contribution is 0.102. The summed E-state index contributed by atoms with van der Waals surface area (Å²) in [6.45, 7) is 4.05. The zero-order valence-corrected chi connectivity index (χ0v) is 15.5. The fraction of sp³-hybridized carbons (Fsp3) is 0.105. The predicted octanol–water partition coefficient (Wildman–Crippen LogP) is 4.85. The highest BCUT2D eigenvalue weighted by Gasteiger charge is 2.09. The summed E-state index contributed by atoms with van der Waals surface area (Å²) in [4.78, 5) is 20.8. The largest absolute Gasteiger partial charge is 0.324 e. The second-order valence-electron chi connectivity index (χ2n) is 5.65. The third-order valence-electron chi connectivity index (χ3n) is 3.71. The zero-order valence-electron chi connectivity index (χ0n) is 13.9. The van der Waals surface area contributed by atoms with Crippen molar-refractivity contribution in [2.45, 2.75) is 13.8 Å². The number of aryl methyl sites for hydroxylation is 2. The molecule has 126 valence electrons. The molecule has 0 saturated carbocycles. The van der Waals surface area contributed by atoms with Gasteiger partial charge in [-0.25, -0.2) is 9.97 Å². The molecular weight excluding hydrogens is 380 g/mol. The smallest absolute Gasteiger partial charge is 0.258 e. The topological polar surface area (TPSA) is 66.9 Å². The minimum Gasteiger partial charge on any atom is -0.324 e. The number of hydrogen-bond donors (Lipinski definition) is 2. The Bertz CT molecular complexity index is 889. The molecule has 0 aliphatic heterocycles. The van der Waals surface area contributed by atoms with E-state index < -0.39 is 0 Å². The van der Waals surface area contributed by atoms with Gasteiger partial charge in [0.25, 0.3) is 5.91 Å².